The number of amides is 3. The van der Waals surface area contributed by atoms with E-state index in [9.17, 15) is 14.4 Å². The highest BCUT2D eigenvalue weighted by Gasteiger charge is 2.38. The Bertz CT molecular complexity index is 1260. The SMILES string of the molecule is C=CCN1C(=O)NC(c2cccc(C)c2)C(C(=O)OCC)=C1CN1CCCN(C(=O)c2ccc(Cl)cc2)CC1. The minimum Gasteiger partial charge on any atom is -0.463 e. The molecule has 0 aliphatic carbocycles. The summed E-state index contributed by atoms with van der Waals surface area (Å²) < 4.78 is 5.49. The van der Waals surface area contributed by atoms with Gasteiger partial charge in [0, 0.05) is 55.6 Å². The van der Waals surface area contributed by atoms with Gasteiger partial charge in [0.1, 0.15) is 0 Å². The Kier molecular flexibility index (Phi) is 9.43. The van der Waals surface area contributed by atoms with Gasteiger partial charge in [-0.05, 0) is 50.1 Å². The van der Waals surface area contributed by atoms with Crippen LogP contribution in [-0.4, -0.2) is 78.5 Å². The van der Waals surface area contributed by atoms with E-state index in [4.69, 9.17) is 16.3 Å². The third-order valence-corrected chi connectivity index (χ3v) is 7.21. The zero-order valence-corrected chi connectivity index (χ0v) is 23.2. The first-order chi connectivity index (χ1) is 18.8. The van der Waals surface area contributed by atoms with E-state index in [2.05, 4.69) is 16.8 Å². The van der Waals surface area contributed by atoms with Crippen LogP contribution in [-0.2, 0) is 9.53 Å². The van der Waals surface area contributed by atoms with E-state index >= 15 is 0 Å². The Hall–Kier alpha value is -3.62. The summed E-state index contributed by atoms with van der Waals surface area (Å²) in [5.41, 5.74) is 3.46. The van der Waals surface area contributed by atoms with E-state index in [1.807, 2.05) is 36.1 Å². The number of carbonyl (C=O) groups is 3. The maximum absolute atomic E-state index is 13.4. The molecular weight excluding hydrogens is 516 g/mol. The summed E-state index contributed by atoms with van der Waals surface area (Å²) in [7, 11) is 0. The standard InChI is InChI=1S/C30H35ClN4O4/c1-4-14-35-25(20-33-15-7-16-34(18-17-33)28(36)22-10-12-24(31)13-11-22)26(29(37)39-5-2)27(32-30(35)38)23-9-6-8-21(3)19-23/h4,6,8-13,19,27H,1,5,7,14-18,20H2,2-3H3,(H,32,38). The van der Waals surface area contributed by atoms with Gasteiger partial charge in [-0.15, -0.1) is 6.58 Å². The molecule has 2 aliphatic heterocycles. The number of hydrogen-bond acceptors (Lipinski definition) is 5. The van der Waals surface area contributed by atoms with E-state index < -0.39 is 12.0 Å². The molecule has 0 spiro atoms. The molecule has 1 N–H and O–H groups in total. The minimum absolute atomic E-state index is 0.0372. The third kappa shape index (κ3) is 6.69. The van der Waals surface area contributed by atoms with Crippen molar-refractivity contribution in [1.29, 1.82) is 0 Å². The van der Waals surface area contributed by atoms with Crippen LogP contribution < -0.4 is 5.32 Å². The van der Waals surface area contributed by atoms with Crippen molar-refractivity contribution in [2.45, 2.75) is 26.3 Å². The summed E-state index contributed by atoms with van der Waals surface area (Å²) >= 11 is 5.99. The molecule has 2 aromatic rings. The van der Waals surface area contributed by atoms with Crippen molar-refractivity contribution in [3.63, 3.8) is 0 Å². The topological polar surface area (TPSA) is 82.2 Å². The van der Waals surface area contributed by atoms with Crippen LogP contribution in [0.1, 0.15) is 40.9 Å². The molecule has 1 atom stereocenters. The number of halogens is 1. The first-order valence-electron chi connectivity index (χ1n) is 13.2. The summed E-state index contributed by atoms with van der Waals surface area (Å²) in [5.74, 6) is -0.493. The van der Waals surface area contributed by atoms with Gasteiger partial charge >= 0.3 is 12.0 Å². The Morgan fingerprint density at radius 3 is 2.59 bits per heavy atom. The zero-order valence-electron chi connectivity index (χ0n) is 22.5. The lowest BCUT2D eigenvalue weighted by Gasteiger charge is -2.38. The van der Waals surface area contributed by atoms with Crippen LogP contribution in [0.2, 0.25) is 5.02 Å². The molecule has 2 aliphatic rings. The van der Waals surface area contributed by atoms with Crippen molar-refractivity contribution in [2.75, 3.05) is 45.9 Å². The fourth-order valence-electron chi connectivity index (χ4n) is 5.06. The average molecular weight is 551 g/mol. The second-order valence-corrected chi connectivity index (χ2v) is 10.1. The molecule has 2 heterocycles. The van der Waals surface area contributed by atoms with E-state index in [0.717, 1.165) is 17.5 Å². The number of benzene rings is 2. The van der Waals surface area contributed by atoms with Crippen LogP contribution in [0.4, 0.5) is 4.79 Å². The normalized spacial score (nSPS) is 18.4. The number of urea groups is 1. The van der Waals surface area contributed by atoms with Gasteiger partial charge < -0.3 is 15.0 Å². The van der Waals surface area contributed by atoms with Crippen molar-refractivity contribution < 1.29 is 19.1 Å². The molecule has 2 aromatic carbocycles. The number of nitrogens with zero attached hydrogens (tertiary/aromatic N) is 3. The van der Waals surface area contributed by atoms with Crippen molar-refractivity contribution in [3.05, 3.63) is 94.2 Å². The summed E-state index contributed by atoms with van der Waals surface area (Å²) in [4.78, 5) is 45.4. The summed E-state index contributed by atoms with van der Waals surface area (Å²) in [6, 6.07) is 13.7. The molecule has 39 heavy (non-hydrogen) atoms. The minimum atomic E-state index is -0.637. The molecular formula is C30H35ClN4O4. The van der Waals surface area contributed by atoms with E-state index in [0.29, 0.717) is 54.6 Å². The first-order valence-corrected chi connectivity index (χ1v) is 13.6. The summed E-state index contributed by atoms with van der Waals surface area (Å²) in [5, 5.41) is 3.59. The number of hydrogen-bond donors (Lipinski definition) is 1. The summed E-state index contributed by atoms with van der Waals surface area (Å²) in [6.45, 7) is 10.8. The molecule has 0 radical (unpaired) electrons. The van der Waals surface area contributed by atoms with Gasteiger partial charge in [-0.1, -0.05) is 47.5 Å². The maximum Gasteiger partial charge on any atom is 0.338 e. The van der Waals surface area contributed by atoms with Gasteiger partial charge in [-0.25, -0.2) is 9.59 Å². The fourth-order valence-corrected chi connectivity index (χ4v) is 5.19. The smallest absolute Gasteiger partial charge is 0.338 e. The molecule has 1 unspecified atom stereocenters. The van der Waals surface area contributed by atoms with Gasteiger partial charge in [0.05, 0.1) is 18.2 Å². The van der Waals surface area contributed by atoms with Crippen LogP contribution in [0, 0.1) is 6.92 Å². The van der Waals surface area contributed by atoms with Crippen molar-refractivity contribution >= 4 is 29.5 Å². The number of carbonyl (C=O) groups excluding carboxylic acids is 3. The average Bonchev–Trinajstić information content (AvgIpc) is 3.16. The third-order valence-electron chi connectivity index (χ3n) is 6.96. The molecule has 8 nitrogen and oxygen atoms in total. The van der Waals surface area contributed by atoms with Gasteiger partial charge in [-0.2, -0.15) is 0 Å². The highest BCUT2D eigenvalue weighted by molar-refractivity contribution is 6.30. The molecule has 0 bridgehead atoms. The maximum atomic E-state index is 13.4. The Balaban J connectivity index is 1.64. The number of ether oxygens (including phenoxy) is 1. The number of aryl methyl sites for hydroxylation is 1. The number of rotatable bonds is 8. The van der Waals surface area contributed by atoms with Crippen molar-refractivity contribution in [2.24, 2.45) is 0 Å². The van der Waals surface area contributed by atoms with Crippen LogP contribution in [0.5, 0.6) is 0 Å². The van der Waals surface area contributed by atoms with Gasteiger partial charge in [0.2, 0.25) is 0 Å². The first kappa shape index (κ1) is 28.4. The van der Waals surface area contributed by atoms with Gasteiger partial charge in [0.15, 0.2) is 0 Å². The second-order valence-electron chi connectivity index (χ2n) is 9.71. The summed E-state index contributed by atoms with van der Waals surface area (Å²) in [6.07, 6.45) is 2.40. The predicted octanol–water partition coefficient (Wildman–Crippen LogP) is 4.57. The quantitative estimate of drug-likeness (QED) is 0.385. The second kappa shape index (κ2) is 13.0. The molecule has 1 saturated heterocycles. The lowest BCUT2D eigenvalue weighted by molar-refractivity contribution is -0.139. The lowest BCUT2D eigenvalue weighted by atomic mass is 9.93. The van der Waals surface area contributed by atoms with E-state index in [-0.39, 0.29) is 25.1 Å². The molecule has 1 fully saturated rings. The molecule has 4 rings (SSSR count). The molecule has 206 valence electrons. The number of esters is 1. The highest BCUT2D eigenvalue weighted by Crippen LogP contribution is 2.32. The van der Waals surface area contributed by atoms with Crippen LogP contribution in [0.25, 0.3) is 0 Å². The van der Waals surface area contributed by atoms with Crippen LogP contribution in [0.3, 0.4) is 0 Å². The monoisotopic (exact) mass is 550 g/mol. The molecule has 0 saturated carbocycles. The van der Waals surface area contributed by atoms with E-state index in [1.165, 1.54) is 0 Å². The lowest BCUT2D eigenvalue weighted by Crippen LogP contribution is -2.51. The van der Waals surface area contributed by atoms with Gasteiger partial charge in [-0.3, -0.25) is 14.6 Å². The molecule has 0 aromatic heterocycles. The Morgan fingerprint density at radius 2 is 1.90 bits per heavy atom. The fraction of sp³-hybridized carbons (Fsp3) is 0.367. The van der Waals surface area contributed by atoms with Crippen LogP contribution in [0.15, 0.2) is 72.5 Å². The predicted molar refractivity (Wildman–Crippen MR) is 151 cm³/mol. The van der Waals surface area contributed by atoms with E-state index in [1.54, 1.807) is 42.2 Å². The largest absolute Gasteiger partial charge is 0.463 e. The Labute approximate surface area is 234 Å². The number of nitrogens with one attached hydrogen (secondary N) is 1. The Morgan fingerprint density at radius 1 is 1.13 bits per heavy atom. The van der Waals surface area contributed by atoms with Gasteiger partial charge in [0.25, 0.3) is 5.91 Å². The zero-order chi connectivity index (χ0) is 27.9. The van der Waals surface area contributed by atoms with Crippen LogP contribution >= 0.6 is 11.6 Å². The van der Waals surface area contributed by atoms with Crippen molar-refractivity contribution in [3.8, 4) is 0 Å². The highest BCUT2D eigenvalue weighted by atomic mass is 35.5. The molecule has 3 amide bonds. The molecule has 9 heteroatoms. The van der Waals surface area contributed by atoms with Crippen molar-refractivity contribution in [1.82, 2.24) is 20.0 Å².